The lowest BCUT2D eigenvalue weighted by molar-refractivity contribution is 0.735. The highest BCUT2D eigenvalue weighted by Gasteiger charge is 2.22. The van der Waals surface area contributed by atoms with Crippen LogP contribution in [0.3, 0.4) is 0 Å². The first-order chi connectivity index (χ1) is 32.1. The molecule has 1 aliphatic carbocycles. The fraction of sp³-hybridized carbons (Fsp3) is 0.0476. The smallest absolute Gasteiger partial charge is 0.0625 e. The van der Waals surface area contributed by atoms with E-state index in [4.69, 9.17) is 0 Å². The number of hydrogen-bond donors (Lipinski definition) is 0. The van der Waals surface area contributed by atoms with Crippen LogP contribution in [0.4, 0.5) is 17.1 Å². The minimum absolute atomic E-state index is 0.459. The van der Waals surface area contributed by atoms with Crippen LogP contribution in [0.5, 0.6) is 0 Å². The van der Waals surface area contributed by atoms with E-state index in [2.05, 4.69) is 259 Å². The molecule has 1 atom stereocenters. The third-order valence-electron chi connectivity index (χ3n) is 13.2. The monoisotopic (exact) mass is 830 g/mol. The molecule has 65 heavy (non-hydrogen) atoms. The van der Waals surface area contributed by atoms with Gasteiger partial charge in [-0.25, -0.2) is 0 Å². The van der Waals surface area contributed by atoms with Crippen LogP contribution >= 0.6 is 0 Å². The van der Waals surface area contributed by atoms with Gasteiger partial charge in [-0.3, -0.25) is 0 Å². The number of hydrogen-bond acceptors (Lipinski definition) is 1. The Labute approximate surface area is 380 Å². The van der Waals surface area contributed by atoms with E-state index in [9.17, 15) is 0 Å². The predicted molar refractivity (Wildman–Crippen MR) is 278 cm³/mol. The van der Waals surface area contributed by atoms with Crippen molar-refractivity contribution in [2.24, 2.45) is 5.92 Å². The number of anilines is 3. The predicted octanol–water partition coefficient (Wildman–Crippen LogP) is 17.7. The molecule has 12 rings (SSSR count). The van der Waals surface area contributed by atoms with Crippen molar-refractivity contribution in [3.8, 4) is 44.5 Å². The Hall–Kier alpha value is -8.20. The fourth-order valence-electron chi connectivity index (χ4n) is 10.0. The lowest BCUT2D eigenvalue weighted by Crippen LogP contribution is -2.10. The van der Waals surface area contributed by atoms with E-state index in [0.29, 0.717) is 5.92 Å². The molecule has 0 aliphatic heterocycles. The zero-order chi connectivity index (χ0) is 43.3. The molecule has 308 valence electrons. The number of para-hydroxylation sites is 1. The molecule has 1 unspecified atom stereocenters. The summed E-state index contributed by atoms with van der Waals surface area (Å²) in [6.07, 6.45) is 8.12. The maximum atomic E-state index is 2.51. The number of nitrogens with zero attached hydrogens (tertiary/aromatic N) is 2. The van der Waals surface area contributed by atoms with Crippen LogP contribution in [0.15, 0.2) is 243 Å². The summed E-state index contributed by atoms with van der Waals surface area (Å²) in [5.41, 5.74) is 16.6. The Morgan fingerprint density at radius 2 is 0.969 bits per heavy atom. The van der Waals surface area contributed by atoms with Crippen molar-refractivity contribution >= 4 is 66.1 Å². The van der Waals surface area contributed by atoms with Gasteiger partial charge in [-0.1, -0.05) is 189 Å². The van der Waals surface area contributed by atoms with Gasteiger partial charge in [0.05, 0.1) is 11.0 Å². The van der Waals surface area contributed by atoms with Crippen molar-refractivity contribution in [2.45, 2.75) is 13.3 Å². The minimum atomic E-state index is 0.459. The van der Waals surface area contributed by atoms with Crippen molar-refractivity contribution in [1.29, 1.82) is 0 Å². The van der Waals surface area contributed by atoms with Gasteiger partial charge >= 0.3 is 0 Å². The largest absolute Gasteiger partial charge is 0.310 e. The van der Waals surface area contributed by atoms with Gasteiger partial charge in [0.25, 0.3) is 0 Å². The summed E-state index contributed by atoms with van der Waals surface area (Å²) in [6, 6.07) is 82.3. The van der Waals surface area contributed by atoms with Gasteiger partial charge in [0, 0.05) is 39.1 Å². The van der Waals surface area contributed by atoms with Crippen LogP contribution in [0.25, 0.3) is 93.6 Å². The maximum absolute atomic E-state index is 2.51. The SMILES string of the molecule is CC1C=C(n2c3ccccc3c3c(-c4cccc(N(c5ccc(-c6ccc7ccccc7c6)cc5)c5ccc(-c6ccc7ccccc7c6)cc5)c4)ccc(-c4ccccc4)c32)C=CC1. The van der Waals surface area contributed by atoms with Crippen LogP contribution < -0.4 is 4.90 Å². The second-order valence-electron chi connectivity index (χ2n) is 17.4. The van der Waals surface area contributed by atoms with Gasteiger partial charge < -0.3 is 9.47 Å². The van der Waals surface area contributed by atoms with Gasteiger partial charge in [0.1, 0.15) is 0 Å². The lowest BCUT2D eigenvalue weighted by Gasteiger charge is -2.26. The molecule has 0 N–H and O–H groups in total. The summed E-state index contributed by atoms with van der Waals surface area (Å²) >= 11 is 0. The molecule has 11 aromatic rings. The zero-order valence-electron chi connectivity index (χ0n) is 36.3. The van der Waals surface area contributed by atoms with E-state index >= 15 is 0 Å². The molecule has 2 nitrogen and oxygen atoms in total. The molecule has 0 fully saturated rings. The van der Waals surface area contributed by atoms with Gasteiger partial charge in [0.2, 0.25) is 0 Å². The quantitative estimate of drug-likeness (QED) is 0.148. The summed E-state index contributed by atoms with van der Waals surface area (Å²) in [5.74, 6) is 0.459. The first kappa shape index (κ1) is 38.5. The van der Waals surface area contributed by atoms with Crippen LogP contribution in [-0.4, -0.2) is 4.57 Å². The zero-order valence-corrected chi connectivity index (χ0v) is 36.3. The standard InChI is InChI=1S/C63H46N2/c1-43-13-11-21-56(39-43)65-61-24-10-9-23-60(61)62-58(37-38-59(63(62)65)48-16-3-2-4-17-48)53-20-12-22-57(42-53)64(54-33-29-46(30-34-54)51-27-25-44-14-5-7-18-49(44)40-51)55-35-31-47(32-36-55)52-28-26-45-15-6-8-19-50(45)41-52/h2-12,14-43H,13H2,1H3. The Morgan fingerprint density at radius 3 is 1.62 bits per heavy atom. The highest BCUT2D eigenvalue weighted by molar-refractivity contribution is 6.20. The number of allylic oxidation sites excluding steroid dienone is 4. The average molecular weight is 831 g/mol. The summed E-state index contributed by atoms with van der Waals surface area (Å²) in [4.78, 5) is 2.40. The molecule has 1 aromatic heterocycles. The third-order valence-corrected chi connectivity index (χ3v) is 13.2. The maximum Gasteiger partial charge on any atom is 0.0625 e. The first-order valence-corrected chi connectivity index (χ1v) is 22.7. The Morgan fingerprint density at radius 1 is 0.415 bits per heavy atom. The van der Waals surface area contributed by atoms with E-state index < -0.39 is 0 Å². The van der Waals surface area contributed by atoms with E-state index in [1.54, 1.807) is 0 Å². The fourth-order valence-corrected chi connectivity index (χ4v) is 10.0. The second-order valence-corrected chi connectivity index (χ2v) is 17.4. The van der Waals surface area contributed by atoms with Crippen molar-refractivity contribution in [3.63, 3.8) is 0 Å². The van der Waals surface area contributed by atoms with E-state index in [1.165, 1.54) is 93.6 Å². The molecular formula is C63H46N2. The van der Waals surface area contributed by atoms with E-state index in [1.807, 2.05) is 0 Å². The highest BCUT2D eigenvalue weighted by atomic mass is 15.1. The van der Waals surface area contributed by atoms with Crippen LogP contribution in [0.2, 0.25) is 0 Å². The number of aromatic nitrogens is 1. The minimum Gasteiger partial charge on any atom is -0.310 e. The number of benzene rings is 10. The number of rotatable bonds is 8. The first-order valence-electron chi connectivity index (χ1n) is 22.7. The van der Waals surface area contributed by atoms with Crippen molar-refractivity contribution < 1.29 is 0 Å². The molecule has 0 saturated heterocycles. The molecule has 0 amide bonds. The van der Waals surface area contributed by atoms with Crippen LogP contribution in [0, 0.1) is 5.92 Å². The van der Waals surface area contributed by atoms with Gasteiger partial charge in [0.15, 0.2) is 0 Å². The third kappa shape index (κ3) is 7.01. The molecule has 0 spiro atoms. The van der Waals surface area contributed by atoms with Gasteiger partial charge in [-0.15, -0.1) is 0 Å². The van der Waals surface area contributed by atoms with Gasteiger partial charge in [-0.05, 0) is 134 Å². The van der Waals surface area contributed by atoms with Crippen molar-refractivity contribution in [1.82, 2.24) is 4.57 Å². The van der Waals surface area contributed by atoms with Crippen molar-refractivity contribution in [2.75, 3.05) is 4.90 Å². The summed E-state index contributed by atoms with van der Waals surface area (Å²) in [6.45, 7) is 2.31. The molecule has 1 heterocycles. The van der Waals surface area contributed by atoms with Gasteiger partial charge in [-0.2, -0.15) is 0 Å². The normalized spacial score (nSPS) is 13.7. The number of fused-ring (bicyclic) bond motifs is 5. The summed E-state index contributed by atoms with van der Waals surface area (Å²) in [5, 5.41) is 7.50. The topological polar surface area (TPSA) is 8.17 Å². The van der Waals surface area contributed by atoms with Crippen LogP contribution in [0.1, 0.15) is 13.3 Å². The molecule has 10 aromatic carbocycles. The van der Waals surface area contributed by atoms with Crippen LogP contribution in [-0.2, 0) is 0 Å². The molecule has 0 radical (unpaired) electrons. The summed E-state index contributed by atoms with van der Waals surface area (Å²) < 4.78 is 2.51. The Kier molecular flexibility index (Phi) is 9.57. The Balaban J connectivity index is 1.02. The molecule has 0 bridgehead atoms. The second kappa shape index (κ2) is 16.2. The van der Waals surface area contributed by atoms with Crippen molar-refractivity contribution in [3.05, 3.63) is 243 Å². The van der Waals surface area contributed by atoms with E-state index in [0.717, 1.165) is 23.5 Å². The van der Waals surface area contributed by atoms with E-state index in [-0.39, 0.29) is 0 Å². The molecule has 1 aliphatic rings. The molecular weight excluding hydrogens is 785 g/mol. The summed E-state index contributed by atoms with van der Waals surface area (Å²) in [7, 11) is 0. The average Bonchev–Trinajstić information content (AvgIpc) is 3.72. The molecule has 2 heteroatoms. The molecule has 0 saturated carbocycles. The highest BCUT2D eigenvalue weighted by Crippen LogP contribution is 2.46. The lowest BCUT2D eigenvalue weighted by atomic mass is 9.94. The Bertz CT molecular complexity index is 3500.